The van der Waals surface area contributed by atoms with E-state index in [0.29, 0.717) is 34.7 Å². The lowest BCUT2D eigenvalue weighted by Crippen LogP contribution is -2.49. The van der Waals surface area contributed by atoms with Crippen LogP contribution in [0.3, 0.4) is 0 Å². The lowest BCUT2D eigenvalue weighted by atomic mass is 9.98. The van der Waals surface area contributed by atoms with E-state index in [2.05, 4.69) is 0 Å². The van der Waals surface area contributed by atoms with Crippen LogP contribution in [0.1, 0.15) is 36.0 Å². The Kier molecular flexibility index (Phi) is 5.27. The lowest BCUT2D eigenvalue weighted by Gasteiger charge is -2.40. The van der Waals surface area contributed by atoms with Gasteiger partial charge >= 0.3 is 0 Å². The van der Waals surface area contributed by atoms with Gasteiger partial charge in [-0.1, -0.05) is 66.2 Å². The highest BCUT2D eigenvalue weighted by molar-refractivity contribution is 6.30. The van der Waals surface area contributed by atoms with Crippen LogP contribution in [-0.4, -0.2) is 20.4 Å². The van der Waals surface area contributed by atoms with Crippen LogP contribution in [0.5, 0.6) is 0 Å². The normalized spacial score (nSPS) is 18.1. The summed E-state index contributed by atoms with van der Waals surface area (Å²) in [5, 5.41) is 1.16. The van der Waals surface area contributed by atoms with Crippen LogP contribution < -0.4 is 5.56 Å². The van der Waals surface area contributed by atoms with Crippen molar-refractivity contribution in [2.24, 2.45) is 0 Å². The largest absolute Gasteiger partial charge is 0.326 e. The Morgan fingerprint density at radius 3 is 2.41 bits per heavy atom. The Morgan fingerprint density at radius 2 is 1.62 bits per heavy atom. The molecule has 2 atom stereocenters. The third kappa shape index (κ3) is 3.59. The van der Waals surface area contributed by atoms with E-state index >= 15 is 0 Å². The molecule has 0 aliphatic carbocycles. The molecular weight excluding hydrogens is 422 g/mol. The molecular formula is C26H22ClN3O2. The minimum Gasteiger partial charge on any atom is -0.326 e. The molecule has 3 aromatic carbocycles. The number of amides is 1. The van der Waals surface area contributed by atoms with Crippen molar-refractivity contribution >= 4 is 28.4 Å². The van der Waals surface area contributed by atoms with Crippen molar-refractivity contribution in [3.05, 3.63) is 111 Å². The number of carbonyl (C=O) groups is 1. The molecule has 0 spiro atoms. The molecule has 0 N–H and O–H groups in total. The molecule has 160 valence electrons. The van der Waals surface area contributed by atoms with Gasteiger partial charge in [-0.25, -0.2) is 4.98 Å². The Hall–Kier alpha value is -3.44. The molecule has 1 amide bonds. The molecule has 0 saturated carbocycles. The molecule has 5 rings (SSSR count). The summed E-state index contributed by atoms with van der Waals surface area (Å²) in [6, 6.07) is 23.8. The van der Waals surface area contributed by atoms with Crippen LogP contribution in [-0.2, 0) is 17.8 Å². The number of aromatic nitrogens is 2. The zero-order valence-electron chi connectivity index (χ0n) is 17.6. The number of hydrogen-bond donors (Lipinski definition) is 0. The van der Waals surface area contributed by atoms with Gasteiger partial charge in [-0.15, -0.1) is 0 Å². The van der Waals surface area contributed by atoms with Crippen LogP contribution in [0.15, 0.2) is 83.7 Å². The summed E-state index contributed by atoms with van der Waals surface area (Å²) in [7, 11) is 0. The van der Waals surface area contributed by atoms with E-state index in [1.165, 1.54) is 0 Å². The molecule has 1 aliphatic heterocycles. The van der Waals surface area contributed by atoms with Crippen molar-refractivity contribution in [1.29, 1.82) is 0 Å². The number of fused-ring (bicyclic) bond motifs is 2. The SMILES string of the molecule is C[C@H]1C(=O)N(Cc2ccccc2)[C@H](Cc2cccc(Cl)c2)c2nc3ccccc3c(=O)n21. The van der Waals surface area contributed by atoms with Crippen molar-refractivity contribution in [2.75, 3.05) is 0 Å². The fourth-order valence-corrected chi connectivity index (χ4v) is 4.69. The smallest absolute Gasteiger partial charge is 0.262 e. The maximum Gasteiger partial charge on any atom is 0.262 e. The average molecular weight is 444 g/mol. The minimum atomic E-state index is -0.631. The number of para-hydroxylation sites is 1. The minimum absolute atomic E-state index is 0.0902. The van der Waals surface area contributed by atoms with Gasteiger partial charge in [0.05, 0.1) is 16.9 Å². The van der Waals surface area contributed by atoms with E-state index in [4.69, 9.17) is 16.6 Å². The summed E-state index contributed by atoms with van der Waals surface area (Å²) in [6.45, 7) is 2.22. The van der Waals surface area contributed by atoms with Crippen LogP contribution >= 0.6 is 11.6 Å². The first-order chi connectivity index (χ1) is 15.5. The maximum absolute atomic E-state index is 13.6. The summed E-state index contributed by atoms with van der Waals surface area (Å²) in [6.07, 6.45) is 0.511. The highest BCUT2D eigenvalue weighted by Gasteiger charge is 2.39. The van der Waals surface area contributed by atoms with E-state index in [1.807, 2.05) is 77.7 Å². The molecule has 5 nitrogen and oxygen atoms in total. The first kappa shape index (κ1) is 20.5. The first-order valence-corrected chi connectivity index (χ1v) is 11.0. The molecule has 0 saturated heterocycles. The summed E-state index contributed by atoms with van der Waals surface area (Å²) in [5.74, 6) is 0.518. The van der Waals surface area contributed by atoms with Crippen LogP contribution in [0, 0.1) is 0 Å². The second kappa shape index (κ2) is 8.24. The Morgan fingerprint density at radius 1 is 0.906 bits per heavy atom. The summed E-state index contributed by atoms with van der Waals surface area (Å²) in [4.78, 5) is 33.7. The third-order valence-electron chi connectivity index (χ3n) is 6.05. The summed E-state index contributed by atoms with van der Waals surface area (Å²) >= 11 is 6.23. The lowest BCUT2D eigenvalue weighted by molar-refractivity contribution is -0.140. The second-order valence-electron chi connectivity index (χ2n) is 8.14. The van der Waals surface area contributed by atoms with E-state index in [1.54, 1.807) is 17.6 Å². The Bertz CT molecular complexity index is 1370. The van der Waals surface area contributed by atoms with E-state index in [0.717, 1.165) is 11.1 Å². The highest BCUT2D eigenvalue weighted by atomic mass is 35.5. The molecule has 0 fully saturated rings. The van der Waals surface area contributed by atoms with Crippen LogP contribution in [0.4, 0.5) is 0 Å². The summed E-state index contributed by atoms with van der Waals surface area (Å²) in [5.41, 5.74) is 2.47. The average Bonchev–Trinajstić information content (AvgIpc) is 2.80. The molecule has 0 radical (unpaired) electrons. The number of nitrogens with zero attached hydrogens (tertiary/aromatic N) is 3. The maximum atomic E-state index is 13.6. The third-order valence-corrected chi connectivity index (χ3v) is 6.29. The van der Waals surface area contributed by atoms with E-state index in [9.17, 15) is 9.59 Å². The van der Waals surface area contributed by atoms with Gasteiger partial charge in [0.1, 0.15) is 11.9 Å². The topological polar surface area (TPSA) is 55.2 Å². The van der Waals surface area contributed by atoms with Gasteiger partial charge in [0.15, 0.2) is 0 Å². The molecule has 2 heterocycles. The van der Waals surface area contributed by atoms with Gasteiger partial charge < -0.3 is 4.90 Å². The molecule has 32 heavy (non-hydrogen) atoms. The summed E-state index contributed by atoms with van der Waals surface area (Å²) < 4.78 is 1.57. The molecule has 1 aromatic heterocycles. The standard InChI is InChI=1S/C26H22ClN3O2/c1-17-25(31)29(16-18-8-3-2-4-9-18)23(15-19-10-7-11-20(27)14-19)24-28-22-13-6-5-12-21(22)26(32)30(17)24/h2-14,17,23H,15-16H2,1H3/t17-,23+/m0/s1. The number of benzene rings is 3. The van der Waals surface area contributed by atoms with Gasteiger partial charge in [0.25, 0.3) is 5.56 Å². The molecule has 1 aliphatic rings. The quantitative estimate of drug-likeness (QED) is 0.449. The van der Waals surface area contributed by atoms with Gasteiger partial charge in [-0.05, 0) is 42.3 Å². The van der Waals surface area contributed by atoms with Crippen molar-refractivity contribution in [2.45, 2.75) is 32.0 Å². The number of halogens is 1. The molecule has 6 heteroatoms. The van der Waals surface area contributed by atoms with Gasteiger partial charge in [0.2, 0.25) is 5.91 Å². The molecule has 0 bridgehead atoms. The fourth-order valence-electron chi connectivity index (χ4n) is 4.47. The first-order valence-electron chi connectivity index (χ1n) is 10.6. The predicted octanol–water partition coefficient (Wildman–Crippen LogP) is 4.94. The van der Waals surface area contributed by atoms with Gasteiger partial charge in [0, 0.05) is 18.0 Å². The van der Waals surface area contributed by atoms with Crippen molar-refractivity contribution < 1.29 is 4.79 Å². The monoisotopic (exact) mass is 443 g/mol. The fraction of sp³-hybridized carbons (Fsp3) is 0.192. The number of hydrogen-bond acceptors (Lipinski definition) is 3. The van der Waals surface area contributed by atoms with E-state index < -0.39 is 12.1 Å². The zero-order valence-corrected chi connectivity index (χ0v) is 18.4. The van der Waals surface area contributed by atoms with Gasteiger partial charge in [-0.2, -0.15) is 0 Å². The van der Waals surface area contributed by atoms with Crippen LogP contribution in [0.2, 0.25) is 5.02 Å². The number of rotatable bonds is 4. The highest BCUT2D eigenvalue weighted by Crippen LogP contribution is 2.34. The Balaban J connectivity index is 1.69. The van der Waals surface area contributed by atoms with E-state index in [-0.39, 0.29) is 11.5 Å². The van der Waals surface area contributed by atoms with Crippen molar-refractivity contribution in [1.82, 2.24) is 14.5 Å². The Labute approximate surface area is 190 Å². The van der Waals surface area contributed by atoms with Crippen molar-refractivity contribution in [3.63, 3.8) is 0 Å². The van der Waals surface area contributed by atoms with Crippen LogP contribution in [0.25, 0.3) is 10.9 Å². The number of carbonyl (C=O) groups excluding carboxylic acids is 1. The van der Waals surface area contributed by atoms with Gasteiger partial charge in [-0.3, -0.25) is 14.2 Å². The zero-order chi connectivity index (χ0) is 22.2. The second-order valence-corrected chi connectivity index (χ2v) is 8.58. The van der Waals surface area contributed by atoms with Crippen molar-refractivity contribution in [3.8, 4) is 0 Å². The molecule has 4 aromatic rings. The molecule has 0 unspecified atom stereocenters. The predicted molar refractivity (Wildman–Crippen MR) is 126 cm³/mol.